The number of methoxy groups -OCH3 is 1. The summed E-state index contributed by atoms with van der Waals surface area (Å²) in [7, 11) is 1.82. The lowest BCUT2D eigenvalue weighted by atomic mass is 9.81. The van der Waals surface area contributed by atoms with E-state index in [1.54, 1.807) is 0 Å². The van der Waals surface area contributed by atoms with Crippen molar-refractivity contribution < 1.29 is 4.74 Å². The van der Waals surface area contributed by atoms with Gasteiger partial charge in [0.1, 0.15) is 0 Å². The van der Waals surface area contributed by atoms with Crippen LogP contribution < -0.4 is 5.32 Å². The topological polar surface area (TPSA) is 21.3 Å². The minimum atomic E-state index is 0.101. The fourth-order valence-corrected chi connectivity index (χ4v) is 2.65. The molecular formula is C18H31NO. The molecule has 1 aromatic rings. The highest BCUT2D eigenvalue weighted by atomic mass is 16.5. The zero-order valence-corrected chi connectivity index (χ0v) is 14.0. The van der Waals surface area contributed by atoms with E-state index < -0.39 is 0 Å². The van der Waals surface area contributed by atoms with Gasteiger partial charge in [-0.15, -0.1) is 0 Å². The van der Waals surface area contributed by atoms with Crippen molar-refractivity contribution >= 4 is 0 Å². The van der Waals surface area contributed by atoms with Crippen LogP contribution in [-0.4, -0.2) is 19.8 Å². The molecule has 0 spiro atoms. The van der Waals surface area contributed by atoms with Gasteiger partial charge in [-0.1, -0.05) is 58.9 Å². The van der Waals surface area contributed by atoms with Crippen molar-refractivity contribution in [1.29, 1.82) is 0 Å². The molecule has 0 radical (unpaired) electrons. The SMILES string of the molecule is CCCNC(c1ccc(CC)cc1)C(OC)C(C)(C)C. The molecule has 0 aliphatic heterocycles. The first-order valence-electron chi connectivity index (χ1n) is 7.79. The monoisotopic (exact) mass is 277 g/mol. The van der Waals surface area contributed by atoms with Crippen LogP contribution in [0.2, 0.25) is 0 Å². The first kappa shape index (κ1) is 17.2. The molecule has 2 heteroatoms. The molecule has 114 valence electrons. The average molecular weight is 277 g/mol. The molecule has 0 saturated carbocycles. The van der Waals surface area contributed by atoms with E-state index in [9.17, 15) is 0 Å². The molecular weight excluding hydrogens is 246 g/mol. The normalized spacial score (nSPS) is 15.1. The summed E-state index contributed by atoms with van der Waals surface area (Å²) in [6.07, 6.45) is 2.37. The zero-order valence-electron chi connectivity index (χ0n) is 14.0. The lowest BCUT2D eigenvalue weighted by Gasteiger charge is -2.37. The molecule has 0 amide bonds. The Hall–Kier alpha value is -0.860. The smallest absolute Gasteiger partial charge is 0.0814 e. The van der Waals surface area contributed by atoms with Crippen LogP contribution in [0.15, 0.2) is 24.3 Å². The van der Waals surface area contributed by atoms with Gasteiger partial charge < -0.3 is 10.1 Å². The molecule has 0 aliphatic rings. The average Bonchev–Trinajstić information content (AvgIpc) is 2.42. The summed E-state index contributed by atoms with van der Waals surface area (Å²) in [5.74, 6) is 0. The molecule has 1 N–H and O–H groups in total. The van der Waals surface area contributed by atoms with Crippen LogP contribution in [0.25, 0.3) is 0 Å². The molecule has 2 unspecified atom stereocenters. The van der Waals surface area contributed by atoms with Crippen molar-refractivity contribution in [2.24, 2.45) is 5.41 Å². The van der Waals surface area contributed by atoms with Crippen LogP contribution in [-0.2, 0) is 11.2 Å². The van der Waals surface area contributed by atoms with Crippen molar-refractivity contribution in [1.82, 2.24) is 5.32 Å². The highest BCUT2D eigenvalue weighted by Gasteiger charge is 2.32. The molecule has 0 saturated heterocycles. The van der Waals surface area contributed by atoms with Crippen LogP contribution >= 0.6 is 0 Å². The van der Waals surface area contributed by atoms with Crippen molar-refractivity contribution in [2.75, 3.05) is 13.7 Å². The highest BCUT2D eigenvalue weighted by molar-refractivity contribution is 5.26. The molecule has 0 bridgehead atoms. The third kappa shape index (κ3) is 4.60. The number of nitrogens with one attached hydrogen (secondary N) is 1. The molecule has 0 aliphatic carbocycles. The van der Waals surface area contributed by atoms with Gasteiger partial charge in [0.25, 0.3) is 0 Å². The standard InChI is InChI=1S/C18H31NO/c1-7-13-19-16(17(20-6)18(3,4)5)15-11-9-14(8-2)10-12-15/h9-12,16-17,19H,7-8,13H2,1-6H3. The maximum Gasteiger partial charge on any atom is 0.0814 e. The molecule has 0 aromatic heterocycles. The van der Waals surface area contributed by atoms with E-state index in [0.29, 0.717) is 0 Å². The zero-order chi connectivity index (χ0) is 15.2. The molecule has 0 heterocycles. The molecule has 0 fully saturated rings. The predicted molar refractivity (Wildman–Crippen MR) is 87.1 cm³/mol. The minimum absolute atomic E-state index is 0.101. The molecule has 1 rings (SSSR count). The van der Waals surface area contributed by atoms with Gasteiger partial charge in [0.2, 0.25) is 0 Å². The Balaban J connectivity index is 3.02. The Labute approximate surface area is 124 Å². The van der Waals surface area contributed by atoms with Crippen LogP contribution in [0.1, 0.15) is 58.2 Å². The van der Waals surface area contributed by atoms with Crippen LogP contribution in [0.3, 0.4) is 0 Å². The summed E-state index contributed by atoms with van der Waals surface area (Å²) in [5, 5.41) is 3.66. The van der Waals surface area contributed by atoms with Gasteiger partial charge in [0, 0.05) is 7.11 Å². The Kier molecular flexibility index (Phi) is 6.70. The third-order valence-electron chi connectivity index (χ3n) is 3.77. The molecule has 2 atom stereocenters. The summed E-state index contributed by atoms with van der Waals surface area (Å²) in [6.45, 7) is 12.1. The fraction of sp³-hybridized carbons (Fsp3) is 0.667. The van der Waals surface area contributed by atoms with Gasteiger partial charge in [-0.2, -0.15) is 0 Å². The molecule has 2 nitrogen and oxygen atoms in total. The lowest BCUT2D eigenvalue weighted by Crippen LogP contribution is -2.41. The Morgan fingerprint density at radius 2 is 1.70 bits per heavy atom. The second-order valence-corrected chi connectivity index (χ2v) is 6.55. The van der Waals surface area contributed by atoms with E-state index in [2.05, 4.69) is 64.2 Å². The van der Waals surface area contributed by atoms with Gasteiger partial charge in [-0.05, 0) is 35.9 Å². The van der Waals surface area contributed by atoms with Gasteiger partial charge >= 0.3 is 0 Å². The summed E-state index contributed by atoms with van der Waals surface area (Å²) in [6, 6.07) is 9.18. The Bertz CT molecular complexity index is 377. The van der Waals surface area contributed by atoms with E-state index in [4.69, 9.17) is 4.74 Å². The number of hydrogen-bond donors (Lipinski definition) is 1. The second-order valence-electron chi connectivity index (χ2n) is 6.55. The maximum absolute atomic E-state index is 5.82. The minimum Gasteiger partial charge on any atom is -0.379 e. The maximum atomic E-state index is 5.82. The Morgan fingerprint density at radius 3 is 2.10 bits per heavy atom. The van der Waals surface area contributed by atoms with E-state index in [-0.39, 0.29) is 17.6 Å². The first-order valence-corrected chi connectivity index (χ1v) is 7.79. The molecule has 1 aromatic carbocycles. The van der Waals surface area contributed by atoms with Crippen molar-refractivity contribution in [3.05, 3.63) is 35.4 Å². The molecule has 20 heavy (non-hydrogen) atoms. The predicted octanol–water partition coefficient (Wildman–Crippen LogP) is 4.35. The van der Waals surface area contributed by atoms with Crippen molar-refractivity contribution in [2.45, 2.75) is 59.6 Å². The fourth-order valence-electron chi connectivity index (χ4n) is 2.65. The lowest BCUT2D eigenvalue weighted by molar-refractivity contribution is -0.0119. The van der Waals surface area contributed by atoms with Gasteiger partial charge in [0.15, 0.2) is 0 Å². The van der Waals surface area contributed by atoms with Crippen molar-refractivity contribution in [3.8, 4) is 0 Å². The number of aryl methyl sites for hydroxylation is 1. The summed E-state index contributed by atoms with van der Waals surface area (Å²) < 4.78 is 5.82. The number of ether oxygens (including phenoxy) is 1. The Morgan fingerprint density at radius 1 is 1.10 bits per heavy atom. The highest BCUT2D eigenvalue weighted by Crippen LogP contribution is 2.32. The van der Waals surface area contributed by atoms with Crippen LogP contribution in [0.4, 0.5) is 0 Å². The van der Waals surface area contributed by atoms with Gasteiger partial charge in [0.05, 0.1) is 12.1 Å². The number of benzene rings is 1. The third-order valence-corrected chi connectivity index (χ3v) is 3.77. The number of hydrogen-bond acceptors (Lipinski definition) is 2. The second kappa shape index (κ2) is 7.80. The summed E-state index contributed by atoms with van der Waals surface area (Å²) >= 11 is 0. The van der Waals surface area contributed by atoms with Crippen molar-refractivity contribution in [3.63, 3.8) is 0 Å². The van der Waals surface area contributed by atoms with E-state index >= 15 is 0 Å². The van der Waals surface area contributed by atoms with Gasteiger partial charge in [-0.3, -0.25) is 0 Å². The first-order chi connectivity index (χ1) is 9.43. The largest absolute Gasteiger partial charge is 0.379 e. The van der Waals surface area contributed by atoms with E-state index in [1.165, 1.54) is 11.1 Å². The quantitative estimate of drug-likeness (QED) is 0.800. The summed E-state index contributed by atoms with van der Waals surface area (Å²) in [5.41, 5.74) is 2.80. The van der Waals surface area contributed by atoms with Crippen LogP contribution in [0, 0.1) is 5.41 Å². The van der Waals surface area contributed by atoms with E-state index in [1.807, 2.05) is 7.11 Å². The number of rotatable bonds is 7. The van der Waals surface area contributed by atoms with Gasteiger partial charge in [-0.25, -0.2) is 0 Å². The summed E-state index contributed by atoms with van der Waals surface area (Å²) in [4.78, 5) is 0. The van der Waals surface area contributed by atoms with Crippen LogP contribution in [0.5, 0.6) is 0 Å². The van der Waals surface area contributed by atoms with E-state index in [0.717, 1.165) is 19.4 Å².